The third kappa shape index (κ3) is 3.97. The molecule has 0 radical (unpaired) electrons. The summed E-state index contributed by atoms with van der Waals surface area (Å²) in [6.45, 7) is 2.06. The predicted octanol–water partition coefficient (Wildman–Crippen LogP) is 2.57. The van der Waals surface area contributed by atoms with Crippen molar-refractivity contribution in [2.45, 2.75) is 13.3 Å². The summed E-state index contributed by atoms with van der Waals surface area (Å²) in [5.74, 6) is -0.136. The van der Waals surface area contributed by atoms with Gasteiger partial charge in [0.05, 0.1) is 6.61 Å². The van der Waals surface area contributed by atoms with Crippen LogP contribution in [0.2, 0.25) is 0 Å². The zero-order chi connectivity index (χ0) is 11.5. The summed E-state index contributed by atoms with van der Waals surface area (Å²) < 4.78 is 44.4. The van der Waals surface area contributed by atoms with Crippen LogP contribution in [-0.4, -0.2) is 13.0 Å². The van der Waals surface area contributed by atoms with Crippen LogP contribution in [-0.2, 0) is 0 Å². The van der Waals surface area contributed by atoms with Crippen LogP contribution in [0.4, 0.5) is 18.9 Å². The molecule has 0 unspecified atom stereocenters. The monoisotopic (exact) mass is 221 g/mol. The summed E-state index contributed by atoms with van der Waals surface area (Å²) in [7, 11) is 0. The Morgan fingerprint density at radius 1 is 1.20 bits per heavy atom. The van der Waals surface area contributed by atoms with Crippen LogP contribution in [0.25, 0.3) is 0 Å². The molecule has 0 atom stereocenters. The first-order valence-electron chi connectivity index (χ1n) is 4.20. The number of alkyl halides is 3. The van der Waals surface area contributed by atoms with E-state index in [1.807, 2.05) is 0 Å². The summed E-state index contributed by atoms with van der Waals surface area (Å²) in [5, 5.41) is 0. The fourth-order valence-electron chi connectivity index (χ4n) is 1.04. The Hall–Kier alpha value is -1.59. The number of anilines is 1. The first kappa shape index (κ1) is 11.5. The molecule has 1 rings (SSSR count). The number of hydrogen-bond donors (Lipinski definition) is 1. The fraction of sp³-hybridized carbons (Fsp3) is 0.333. The van der Waals surface area contributed by atoms with E-state index >= 15 is 0 Å². The lowest BCUT2D eigenvalue weighted by Gasteiger charge is -2.11. The number of ether oxygens (including phenoxy) is 2. The number of benzene rings is 1. The fourth-order valence-corrected chi connectivity index (χ4v) is 1.04. The summed E-state index contributed by atoms with van der Waals surface area (Å²) in [4.78, 5) is 0. The molecule has 0 heterocycles. The van der Waals surface area contributed by atoms with Gasteiger partial charge in [0.2, 0.25) is 0 Å². The van der Waals surface area contributed by atoms with Crippen molar-refractivity contribution in [1.29, 1.82) is 0 Å². The van der Waals surface area contributed by atoms with E-state index in [0.717, 1.165) is 12.1 Å². The lowest BCUT2D eigenvalue weighted by molar-refractivity contribution is -0.274. The van der Waals surface area contributed by atoms with E-state index in [1.54, 1.807) is 6.92 Å². The SMILES string of the molecule is CCOc1cc(N)cc(OC(F)(F)F)c1. The van der Waals surface area contributed by atoms with Gasteiger partial charge in [-0.25, -0.2) is 0 Å². The second-order valence-electron chi connectivity index (χ2n) is 2.72. The molecule has 3 nitrogen and oxygen atoms in total. The molecule has 6 heteroatoms. The number of halogens is 3. The van der Waals surface area contributed by atoms with Gasteiger partial charge in [0.25, 0.3) is 0 Å². The van der Waals surface area contributed by atoms with Crippen molar-refractivity contribution < 1.29 is 22.6 Å². The van der Waals surface area contributed by atoms with Gasteiger partial charge in [0, 0.05) is 23.9 Å². The first-order chi connectivity index (χ1) is 6.90. The quantitative estimate of drug-likeness (QED) is 0.798. The second-order valence-corrected chi connectivity index (χ2v) is 2.72. The number of rotatable bonds is 3. The predicted molar refractivity (Wildman–Crippen MR) is 48.7 cm³/mol. The molecule has 0 fully saturated rings. The summed E-state index contributed by atoms with van der Waals surface area (Å²) in [5.41, 5.74) is 5.53. The highest BCUT2D eigenvalue weighted by molar-refractivity contribution is 5.50. The molecule has 0 aliphatic carbocycles. The molecule has 0 aromatic heterocycles. The lowest BCUT2D eigenvalue weighted by atomic mass is 10.3. The molecule has 1 aromatic rings. The Kier molecular flexibility index (Phi) is 3.28. The van der Waals surface area contributed by atoms with Gasteiger partial charge in [-0.2, -0.15) is 0 Å². The van der Waals surface area contributed by atoms with Crippen molar-refractivity contribution in [1.82, 2.24) is 0 Å². The van der Waals surface area contributed by atoms with Gasteiger partial charge in [-0.3, -0.25) is 0 Å². The van der Waals surface area contributed by atoms with Crippen LogP contribution >= 0.6 is 0 Å². The molecule has 0 spiro atoms. The minimum Gasteiger partial charge on any atom is -0.494 e. The maximum Gasteiger partial charge on any atom is 0.573 e. The zero-order valence-corrected chi connectivity index (χ0v) is 7.97. The highest BCUT2D eigenvalue weighted by Crippen LogP contribution is 2.29. The average molecular weight is 221 g/mol. The largest absolute Gasteiger partial charge is 0.573 e. The number of nitrogens with two attached hydrogens (primary N) is 1. The summed E-state index contributed by atoms with van der Waals surface area (Å²) >= 11 is 0. The van der Waals surface area contributed by atoms with Gasteiger partial charge in [-0.1, -0.05) is 0 Å². The molecule has 84 valence electrons. The van der Waals surface area contributed by atoms with Crippen LogP contribution in [0.1, 0.15) is 6.92 Å². The summed E-state index contributed by atoms with van der Waals surface area (Å²) in [6, 6.07) is 3.64. The Morgan fingerprint density at radius 3 is 2.33 bits per heavy atom. The van der Waals surface area contributed by atoms with Gasteiger partial charge >= 0.3 is 6.36 Å². The second kappa shape index (κ2) is 4.29. The van der Waals surface area contributed by atoms with Crippen LogP contribution < -0.4 is 15.2 Å². The van der Waals surface area contributed by atoms with E-state index in [1.165, 1.54) is 6.07 Å². The van der Waals surface area contributed by atoms with E-state index in [9.17, 15) is 13.2 Å². The Labute approximate surface area is 84.6 Å². The lowest BCUT2D eigenvalue weighted by Crippen LogP contribution is -2.17. The molecule has 15 heavy (non-hydrogen) atoms. The van der Waals surface area contributed by atoms with Crippen LogP contribution in [0.15, 0.2) is 18.2 Å². The normalized spacial score (nSPS) is 11.2. The molecular formula is C9H10F3NO2. The number of nitrogen functional groups attached to an aromatic ring is 1. The smallest absolute Gasteiger partial charge is 0.494 e. The van der Waals surface area contributed by atoms with Gasteiger partial charge < -0.3 is 15.2 Å². The third-order valence-electron chi connectivity index (χ3n) is 1.45. The van der Waals surface area contributed by atoms with Gasteiger partial charge in [-0.05, 0) is 6.92 Å². The Balaban J connectivity index is 2.88. The van der Waals surface area contributed by atoms with Gasteiger partial charge in [-0.15, -0.1) is 13.2 Å². The molecule has 0 aliphatic heterocycles. The third-order valence-corrected chi connectivity index (χ3v) is 1.45. The van der Waals surface area contributed by atoms with Crippen LogP contribution in [0.3, 0.4) is 0 Å². The molecule has 0 aliphatic rings. The maximum absolute atomic E-state index is 11.9. The van der Waals surface area contributed by atoms with Crippen molar-refractivity contribution in [3.05, 3.63) is 18.2 Å². The van der Waals surface area contributed by atoms with Crippen LogP contribution in [0.5, 0.6) is 11.5 Å². The van der Waals surface area contributed by atoms with Crippen molar-refractivity contribution in [3.8, 4) is 11.5 Å². The van der Waals surface area contributed by atoms with E-state index in [0.29, 0.717) is 6.61 Å². The van der Waals surface area contributed by atoms with Crippen molar-refractivity contribution in [2.24, 2.45) is 0 Å². The van der Waals surface area contributed by atoms with Crippen molar-refractivity contribution in [3.63, 3.8) is 0 Å². The van der Waals surface area contributed by atoms with Crippen molar-refractivity contribution in [2.75, 3.05) is 12.3 Å². The minimum absolute atomic E-state index is 0.153. The minimum atomic E-state index is -4.72. The van der Waals surface area contributed by atoms with E-state index < -0.39 is 6.36 Å². The van der Waals surface area contributed by atoms with E-state index in [2.05, 4.69) is 4.74 Å². The van der Waals surface area contributed by atoms with Crippen molar-refractivity contribution >= 4 is 5.69 Å². The van der Waals surface area contributed by atoms with E-state index in [4.69, 9.17) is 10.5 Å². The standard InChI is InChI=1S/C9H10F3NO2/c1-2-14-7-3-6(13)4-8(5-7)15-9(10,11)12/h3-5H,2,13H2,1H3. The molecule has 0 saturated heterocycles. The molecule has 0 saturated carbocycles. The highest BCUT2D eigenvalue weighted by atomic mass is 19.4. The topological polar surface area (TPSA) is 44.5 Å². The molecule has 1 aromatic carbocycles. The average Bonchev–Trinajstić information content (AvgIpc) is 1.99. The summed E-state index contributed by atoms with van der Waals surface area (Å²) in [6.07, 6.45) is -4.72. The molecule has 0 amide bonds. The molecule has 2 N–H and O–H groups in total. The van der Waals surface area contributed by atoms with E-state index in [-0.39, 0.29) is 17.2 Å². The number of hydrogen-bond acceptors (Lipinski definition) is 3. The Bertz CT molecular complexity index is 339. The Morgan fingerprint density at radius 2 is 1.80 bits per heavy atom. The van der Waals surface area contributed by atoms with Gasteiger partial charge in [0.1, 0.15) is 11.5 Å². The molecule has 0 bridgehead atoms. The van der Waals surface area contributed by atoms with Gasteiger partial charge in [0.15, 0.2) is 0 Å². The first-order valence-corrected chi connectivity index (χ1v) is 4.20. The maximum atomic E-state index is 11.9. The zero-order valence-electron chi connectivity index (χ0n) is 7.97. The highest BCUT2D eigenvalue weighted by Gasteiger charge is 2.31. The molecular weight excluding hydrogens is 211 g/mol. The van der Waals surface area contributed by atoms with Crippen LogP contribution in [0, 0.1) is 0 Å².